The molecule has 6 heteroatoms. The molecule has 0 saturated carbocycles. The van der Waals surface area contributed by atoms with Crippen LogP contribution in [0.25, 0.3) is 0 Å². The first-order chi connectivity index (χ1) is 36.5. The van der Waals surface area contributed by atoms with E-state index in [0.29, 0.717) is 19.3 Å². The van der Waals surface area contributed by atoms with Crippen LogP contribution in [-0.4, -0.2) is 37.2 Å². The number of ether oxygens (including phenoxy) is 3. The second-order valence-electron chi connectivity index (χ2n) is 22.0. The van der Waals surface area contributed by atoms with Crippen LogP contribution < -0.4 is 0 Å². The molecule has 0 aliphatic rings. The van der Waals surface area contributed by atoms with Crippen LogP contribution in [0.5, 0.6) is 0 Å². The number of hydrogen-bond donors (Lipinski definition) is 0. The highest BCUT2D eigenvalue weighted by molar-refractivity contribution is 5.71. The van der Waals surface area contributed by atoms with Crippen LogP contribution >= 0.6 is 0 Å². The van der Waals surface area contributed by atoms with Crippen LogP contribution in [0, 0.1) is 0 Å². The second-order valence-corrected chi connectivity index (χ2v) is 22.0. The minimum absolute atomic E-state index is 0.0813. The highest BCUT2D eigenvalue weighted by atomic mass is 16.6. The lowest BCUT2D eigenvalue weighted by Crippen LogP contribution is -2.30. The summed E-state index contributed by atoms with van der Waals surface area (Å²) in [6, 6.07) is 0. The van der Waals surface area contributed by atoms with Crippen LogP contribution in [0.4, 0.5) is 0 Å². The summed E-state index contributed by atoms with van der Waals surface area (Å²) >= 11 is 0. The van der Waals surface area contributed by atoms with Crippen molar-refractivity contribution in [2.45, 2.75) is 354 Å². The molecule has 0 radical (unpaired) electrons. The molecule has 6 nitrogen and oxygen atoms in total. The van der Waals surface area contributed by atoms with Gasteiger partial charge < -0.3 is 14.2 Å². The molecule has 0 aromatic heterocycles. The Morgan fingerprint density at radius 2 is 0.527 bits per heavy atom. The second kappa shape index (κ2) is 62.9. The van der Waals surface area contributed by atoms with E-state index >= 15 is 0 Å². The largest absolute Gasteiger partial charge is 0.462 e. The topological polar surface area (TPSA) is 78.9 Å². The fraction of sp³-hybridized carbons (Fsp3) is 0.838. The van der Waals surface area contributed by atoms with E-state index in [0.717, 1.165) is 83.5 Å². The first kappa shape index (κ1) is 71.4. The van der Waals surface area contributed by atoms with Gasteiger partial charge >= 0.3 is 17.9 Å². The van der Waals surface area contributed by atoms with E-state index in [1.165, 1.54) is 225 Å². The summed E-state index contributed by atoms with van der Waals surface area (Å²) < 4.78 is 16.9. The summed E-state index contributed by atoms with van der Waals surface area (Å²) in [7, 11) is 0. The summed E-state index contributed by atoms with van der Waals surface area (Å²) in [6.45, 7) is 6.55. The van der Waals surface area contributed by atoms with Gasteiger partial charge in [0, 0.05) is 19.3 Å². The van der Waals surface area contributed by atoms with E-state index in [9.17, 15) is 14.4 Å². The maximum absolute atomic E-state index is 12.9. The maximum Gasteiger partial charge on any atom is 0.306 e. The van der Waals surface area contributed by atoms with Gasteiger partial charge in [-0.2, -0.15) is 0 Å². The van der Waals surface area contributed by atoms with Crippen molar-refractivity contribution in [2.24, 2.45) is 0 Å². The number of carbonyl (C=O) groups excluding carboxylic acids is 3. The lowest BCUT2D eigenvalue weighted by molar-refractivity contribution is -0.167. The summed E-state index contributed by atoms with van der Waals surface area (Å²) in [5, 5.41) is 0. The summed E-state index contributed by atoms with van der Waals surface area (Å²) in [5.74, 6) is -0.901. The Balaban J connectivity index is 4.27. The molecule has 0 spiro atoms. The molecule has 0 N–H and O–H groups in total. The Bertz CT molecular complexity index is 1280. The van der Waals surface area contributed by atoms with Crippen molar-refractivity contribution in [3.8, 4) is 0 Å². The molecule has 0 bridgehead atoms. The van der Waals surface area contributed by atoms with Gasteiger partial charge in [-0.3, -0.25) is 14.4 Å². The molecule has 0 saturated heterocycles. The van der Waals surface area contributed by atoms with Gasteiger partial charge in [-0.25, -0.2) is 0 Å². The van der Waals surface area contributed by atoms with E-state index < -0.39 is 6.10 Å². The molecular formula is C68H124O6. The van der Waals surface area contributed by atoms with Gasteiger partial charge in [-0.05, 0) is 57.8 Å². The lowest BCUT2D eigenvalue weighted by atomic mass is 10.0. The minimum atomic E-state index is -0.787. The third-order valence-corrected chi connectivity index (χ3v) is 14.6. The van der Waals surface area contributed by atoms with Crippen LogP contribution in [0.2, 0.25) is 0 Å². The van der Waals surface area contributed by atoms with Crippen LogP contribution in [-0.2, 0) is 28.6 Å². The molecule has 0 aromatic carbocycles. The van der Waals surface area contributed by atoms with Crippen molar-refractivity contribution in [1.82, 2.24) is 0 Å². The van der Waals surface area contributed by atoms with Gasteiger partial charge in [-0.15, -0.1) is 0 Å². The van der Waals surface area contributed by atoms with E-state index in [1.54, 1.807) is 0 Å². The zero-order chi connectivity index (χ0) is 53.6. The number of unbranched alkanes of at least 4 members (excludes halogenated alkanes) is 41. The number of allylic oxidation sites excluding steroid dienone is 8. The Hall–Kier alpha value is -2.63. The van der Waals surface area contributed by atoms with Gasteiger partial charge in [0.15, 0.2) is 6.10 Å². The van der Waals surface area contributed by atoms with Crippen LogP contribution in [0.15, 0.2) is 48.6 Å². The molecular weight excluding hydrogens is 913 g/mol. The average Bonchev–Trinajstić information content (AvgIpc) is 3.40. The van der Waals surface area contributed by atoms with Crippen LogP contribution in [0.3, 0.4) is 0 Å². The molecule has 0 rings (SSSR count). The van der Waals surface area contributed by atoms with Crippen LogP contribution in [0.1, 0.15) is 348 Å². The third-order valence-electron chi connectivity index (χ3n) is 14.6. The molecule has 0 fully saturated rings. The zero-order valence-corrected chi connectivity index (χ0v) is 49.6. The quantitative estimate of drug-likeness (QED) is 0.0261. The van der Waals surface area contributed by atoms with Gasteiger partial charge in [0.2, 0.25) is 0 Å². The lowest BCUT2D eigenvalue weighted by Gasteiger charge is -2.18. The normalized spacial score (nSPS) is 12.3. The predicted molar refractivity (Wildman–Crippen MR) is 321 cm³/mol. The third kappa shape index (κ3) is 60.2. The van der Waals surface area contributed by atoms with E-state index in [-0.39, 0.29) is 31.1 Å². The first-order valence-electron chi connectivity index (χ1n) is 32.6. The molecule has 0 aromatic rings. The summed E-state index contributed by atoms with van der Waals surface area (Å²) in [5.41, 5.74) is 0. The number of esters is 3. The monoisotopic (exact) mass is 1040 g/mol. The molecule has 1 unspecified atom stereocenters. The number of rotatable bonds is 60. The van der Waals surface area contributed by atoms with Gasteiger partial charge in [0.25, 0.3) is 0 Å². The Labute approximate surface area is 460 Å². The van der Waals surface area contributed by atoms with E-state index in [2.05, 4.69) is 69.4 Å². The average molecular weight is 1040 g/mol. The molecule has 0 heterocycles. The predicted octanol–water partition coefficient (Wildman–Crippen LogP) is 22.2. The highest BCUT2D eigenvalue weighted by Crippen LogP contribution is 2.18. The van der Waals surface area contributed by atoms with Crippen molar-refractivity contribution >= 4 is 17.9 Å². The van der Waals surface area contributed by atoms with Crippen molar-refractivity contribution in [2.75, 3.05) is 13.2 Å². The first-order valence-corrected chi connectivity index (χ1v) is 32.6. The summed E-state index contributed by atoms with van der Waals surface area (Å²) in [4.78, 5) is 38.3. The number of carbonyl (C=O) groups is 3. The van der Waals surface area contributed by atoms with Crippen molar-refractivity contribution in [1.29, 1.82) is 0 Å². The SMILES string of the molecule is CC/C=C\C/C=C\C/C=C\C/C=C\CCCCC(=O)OCC(COC(=O)CCCCCCCCCCCCCCCCCCCCCCCCCCC)OC(=O)CCCCCCCCCCCCCCCCCC. The molecule has 1 atom stereocenters. The smallest absolute Gasteiger partial charge is 0.306 e. The van der Waals surface area contributed by atoms with Gasteiger partial charge in [0.05, 0.1) is 0 Å². The number of hydrogen-bond acceptors (Lipinski definition) is 6. The Kier molecular flexibility index (Phi) is 60.7. The van der Waals surface area contributed by atoms with E-state index in [4.69, 9.17) is 14.2 Å². The fourth-order valence-electron chi connectivity index (χ4n) is 9.73. The van der Waals surface area contributed by atoms with Crippen molar-refractivity contribution in [3.05, 3.63) is 48.6 Å². The Morgan fingerprint density at radius 1 is 0.284 bits per heavy atom. The molecule has 432 valence electrons. The van der Waals surface area contributed by atoms with Gasteiger partial charge in [0.1, 0.15) is 13.2 Å². The van der Waals surface area contributed by atoms with Crippen molar-refractivity contribution in [3.63, 3.8) is 0 Å². The standard InChI is InChI=1S/C68H124O6/c1-4-7-10-13-16-19-22-25-28-30-31-32-33-34-35-36-37-38-41-43-46-49-52-55-58-61-67(70)73-64-65(63-72-66(69)60-57-54-51-48-45-42-39-27-24-21-18-15-12-9-6-3)74-68(71)62-59-56-53-50-47-44-40-29-26-23-20-17-14-11-8-5-2/h9,12,18,21,27,39,45,48,65H,4-8,10-11,13-17,19-20,22-26,28-38,40-44,46-47,49-64H2,1-3H3/b12-9-,21-18-,39-27-,48-45-. The molecule has 0 amide bonds. The Morgan fingerprint density at radius 3 is 0.824 bits per heavy atom. The maximum atomic E-state index is 12.9. The molecule has 74 heavy (non-hydrogen) atoms. The fourth-order valence-corrected chi connectivity index (χ4v) is 9.73. The zero-order valence-electron chi connectivity index (χ0n) is 49.6. The van der Waals surface area contributed by atoms with E-state index in [1.807, 2.05) is 0 Å². The minimum Gasteiger partial charge on any atom is -0.462 e. The summed E-state index contributed by atoms with van der Waals surface area (Å²) in [6.07, 6.45) is 78.5. The van der Waals surface area contributed by atoms with Crippen molar-refractivity contribution < 1.29 is 28.6 Å². The highest BCUT2D eigenvalue weighted by Gasteiger charge is 2.19. The molecule has 0 aliphatic heterocycles. The van der Waals surface area contributed by atoms with Gasteiger partial charge in [-0.1, -0.05) is 320 Å². The molecule has 0 aliphatic carbocycles.